The van der Waals surface area contributed by atoms with E-state index in [-0.39, 0.29) is 5.92 Å². The molecule has 0 aliphatic carbocycles. The maximum Gasteiger partial charge on any atom is 0.0543 e. The summed E-state index contributed by atoms with van der Waals surface area (Å²) in [5.41, 5.74) is 14.5. The van der Waals surface area contributed by atoms with Gasteiger partial charge < -0.3 is 9.47 Å². The molecule has 0 bridgehead atoms. The Morgan fingerprint density at radius 1 is 0.407 bits per heavy atom. The number of hydrogen-bond acceptors (Lipinski definition) is 2. The van der Waals surface area contributed by atoms with Crippen LogP contribution in [-0.4, -0.2) is 4.57 Å². The van der Waals surface area contributed by atoms with Crippen LogP contribution in [0, 0.1) is 0 Å². The molecular formula is C51H36N2S. The number of anilines is 3. The summed E-state index contributed by atoms with van der Waals surface area (Å²) in [5.74, 6) is 0.105. The van der Waals surface area contributed by atoms with E-state index in [0.29, 0.717) is 0 Å². The van der Waals surface area contributed by atoms with Crippen LogP contribution >= 0.6 is 11.8 Å². The van der Waals surface area contributed by atoms with Crippen LogP contribution in [0.5, 0.6) is 0 Å². The van der Waals surface area contributed by atoms with Crippen molar-refractivity contribution in [2.75, 3.05) is 4.90 Å². The number of para-hydroxylation sites is 1. The monoisotopic (exact) mass is 708 g/mol. The van der Waals surface area contributed by atoms with Crippen LogP contribution in [0.15, 0.2) is 222 Å². The van der Waals surface area contributed by atoms with Crippen molar-refractivity contribution in [1.29, 1.82) is 0 Å². The van der Waals surface area contributed by atoms with Crippen LogP contribution in [0.4, 0.5) is 17.1 Å². The van der Waals surface area contributed by atoms with Crippen LogP contribution in [-0.2, 0) is 0 Å². The molecule has 0 N–H and O–H groups in total. The smallest absolute Gasteiger partial charge is 0.0543 e. The highest BCUT2D eigenvalue weighted by atomic mass is 32.2. The van der Waals surface area contributed by atoms with E-state index in [9.17, 15) is 0 Å². The molecule has 3 heteroatoms. The molecule has 2 heterocycles. The second-order valence-corrected chi connectivity index (χ2v) is 14.8. The van der Waals surface area contributed by atoms with Gasteiger partial charge >= 0.3 is 0 Å². The predicted octanol–water partition coefficient (Wildman–Crippen LogP) is 14.1. The van der Waals surface area contributed by atoms with Crippen LogP contribution in [0.2, 0.25) is 0 Å². The van der Waals surface area contributed by atoms with Crippen LogP contribution in [0.1, 0.15) is 22.7 Å². The second kappa shape index (κ2) is 13.8. The lowest BCUT2D eigenvalue weighted by Crippen LogP contribution is -2.14. The molecule has 0 saturated heterocycles. The molecule has 1 aliphatic rings. The zero-order valence-electron chi connectivity index (χ0n) is 29.6. The standard InChI is InChI=1S/C51H36N2S/c1-4-14-36(15-5-1)38-24-28-41(29-25-38)52(42-30-26-39(27-31-42)37-16-6-2-7-17-37)43-32-34-44(35-33-43)53-47-22-12-10-20-45(47)51-50(53)49(40-18-8-3-9-19-40)46-21-11-13-23-48(46)54-51/h1-35,49H/t49-/m1/s1. The highest BCUT2D eigenvalue weighted by Gasteiger charge is 2.33. The first-order valence-corrected chi connectivity index (χ1v) is 19.3. The van der Waals surface area contributed by atoms with Crippen molar-refractivity contribution in [3.63, 3.8) is 0 Å². The Labute approximate surface area is 320 Å². The molecule has 9 aromatic rings. The van der Waals surface area contributed by atoms with Gasteiger partial charge in [-0.3, -0.25) is 0 Å². The van der Waals surface area contributed by atoms with Crippen molar-refractivity contribution < 1.29 is 0 Å². The van der Waals surface area contributed by atoms with Gasteiger partial charge in [-0.1, -0.05) is 163 Å². The molecule has 1 aliphatic heterocycles. The van der Waals surface area contributed by atoms with Gasteiger partial charge in [0, 0.05) is 43.6 Å². The summed E-state index contributed by atoms with van der Waals surface area (Å²) in [4.78, 5) is 5.01. The predicted molar refractivity (Wildman–Crippen MR) is 227 cm³/mol. The summed E-state index contributed by atoms with van der Waals surface area (Å²) < 4.78 is 2.50. The Bertz CT molecular complexity index is 2620. The van der Waals surface area contributed by atoms with Crippen LogP contribution in [0.3, 0.4) is 0 Å². The first-order chi connectivity index (χ1) is 26.8. The number of fused-ring (bicyclic) bond motifs is 4. The third kappa shape index (κ3) is 5.71. The molecule has 0 radical (unpaired) electrons. The summed E-state index contributed by atoms with van der Waals surface area (Å²) in [6, 6.07) is 76.9. The third-order valence-electron chi connectivity index (χ3n) is 10.5. The number of hydrogen-bond donors (Lipinski definition) is 0. The Morgan fingerprint density at radius 2 is 0.870 bits per heavy atom. The third-order valence-corrected chi connectivity index (χ3v) is 11.8. The number of rotatable bonds is 7. The first-order valence-electron chi connectivity index (χ1n) is 18.5. The lowest BCUT2D eigenvalue weighted by Gasteiger charge is -2.29. The molecule has 0 saturated carbocycles. The van der Waals surface area contributed by atoms with Gasteiger partial charge in [-0.25, -0.2) is 0 Å². The zero-order chi connectivity index (χ0) is 35.8. The van der Waals surface area contributed by atoms with Gasteiger partial charge in [0.2, 0.25) is 0 Å². The fourth-order valence-corrected chi connectivity index (χ4v) is 9.26. The summed E-state index contributed by atoms with van der Waals surface area (Å²) in [6.07, 6.45) is 0. The molecule has 2 nitrogen and oxygen atoms in total. The average molecular weight is 709 g/mol. The van der Waals surface area contributed by atoms with Crippen molar-refractivity contribution in [2.45, 2.75) is 15.7 Å². The topological polar surface area (TPSA) is 8.17 Å². The Balaban J connectivity index is 1.10. The van der Waals surface area contributed by atoms with Gasteiger partial charge in [-0.05, 0) is 94.0 Å². The van der Waals surface area contributed by atoms with Crippen molar-refractivity contribution in [1.82, 2.24) is 4.57 Å². The van der Waals surface area contributed by atoms with Crippen LogP contribution in [0.25, 0.3) is 38.8 Å². The maximum atomic E-state index is 2.50. The highest BCUT2D eigenvalue weighted by molar-refractivity contribution is 7.99. The maximum absolute atomic E-state index is 2.50. The van der Waals surface area contributed by atoms with E-state index in [1.807, 2.05) is 11.8 Å². The van der Waals surface area contributed by atoms with Crippen molar-refractivity contribution >= 4 is 39.7 Å². The van der Waals surface area contributed by atoms with Gasteiger partial charge in [0.05, 0.1) is 11.4 Å². The first kappa shape index (κ1) is 32.1. The quantitative estimate of drug-likeness (QED) is 0.163. The van der Waals surface area contributed by atoms with Crippen LogP contribution < -0.4 is 4.90 Å². The van der Waals surface area contributed by atoms with E-state index in [2.05, 4.69) is 222 Å². The zero-order valence-corrected chi connectivity index (χ0v) is 30.4. The van der Waals surface area contributed by atoms with E-state index in [4.69, 9.17) is 0 Å². The Morgan fingerprint density at radius 3 is 1.46 bits per heavy atom. The van der Waals surface area contributed by atoms with Crippen molar-refractivity contribution in [3.05, 3.63) is 229 Å². The summed E-state index contributed by atoms with van der Waals surface area (Å²) in [7, 11) is 0. The average Bonchev–Trinajstić information content (AvgIpc) is 3.58. The highest BCUT2D eigenvalue weighted by Crippen LogP contribution is 2.53. The van der Waals surface area contributed by atoms with Gasteiger partial charge in [0.25, 0.3) is 0 Å². The minimum atomic E-state index is 0.105. The van der Waals surface area contributed by atoms with Crippen molar-refractivity contribution in [3.8, 4) is 27.9 Å². The molecule has 0 amide bonds. The Kier molecular flexibility index (Phi) is 8.20. The van der Waals surface area contributed by atoms with E-state index in [1.165, 1.54) is 59.8 Å². The number of nitrogens with zero attached hydrogens (tertiary/aromatic N) is 2. The van der Waals surface area contributed by atoms with E-state index in [1.54, 1.807) is 0 Å². The van der Waals surface area contributed by atoms with E-state index < -0.39 is 0 Å². The fraction of sp³-hybridized carbons (Fsp3) is 0.0196. The minimum absolute atomic E-state index is 0.105. The molecule has 0 spiro atoms. The lowest BCUT2D eigenvalue weighted by molar-refractivity contribution is 0.826. The lowest BCUT2D eigenvalue weighted by atomic mass is 9.87. The molecule has 0 unspecified atom stereocenters. The molecule has 256 valence electrons. The van der Waals surface area contributed by atoms with Gasteiger partial charge in [-0.15, -0.1) is 0 Å². The Hall–Kier alpha value is -6.55. The van der Waals surface area contributed by atoms with E-state index >= 15 is 0 Å². The molecule has 8 aromatic carbocycles. The summed E-state index contributed by atoms with van der Waals surface area (Å²) in [5, 5.41) is 1.29. The molecule has 1 aromatic heterocycles. The number of aromatic nitrogens is 1. The fourth-order valence-electron chi connectivity index (χ4n) is 7.99. The largest absolute Gasteiger partial charge is 0.311 e. The normalized spacial score (nSPS) is 13.3. The van der Waals surface area contributed by atoms with Gasteiger partial charge in [0.15, 0.2) is 0 Å². The SMILES string of the molecule is c1ccc(-c2ccc(N(c3ccc(-c4ccccc4)cc3)c3ccc(-n4c5c(c6ccccc64)Sc4ccccc4[C@H]5c4ccccc4)cc3)cc2)cc1. The summed E-state index contributed by atoms with van der Waals surface area (Å²) >= 11 is 1.90. The molecular weight excluding hydrogens is 673 g/mol. The summed E-state index contributed by atoms with van der Waals surface area (Å²) in [6.45, 7) is 0. The number of benzene rings is 8. The minimum Gasteiger partial charge on any atom is -0.311 e. The van der Waals surface area contributed by atoms with Gasteiger partial charge in [0.1, 0.15) is 0 Å². The van der Waals surface area contributed by atoms with E-state index in [0.717, 1.165) is 22.7 Å². The molecule has 0 fully saturated rings. The molecule has 10 rings (SSSR count). The second-order valence-electron chi connectivity index (χ2n) is 13.7. The molecule has 1 atom stereocenters. The van der Waals surface area contributed by atoms with Crippen molar-refractivity contribution in [2.24, 2.45) is 0 Å². The molecule has 54 heavy (non-hydrogen) atoms. The van der Waals surface area contributed by atoms with Gasteiger partial charge in [-0.2, -0.15) is 0 Å².